The summed E-state index contributed by atoms with van der Waals surface area (Å²) in [4.78, 5) is 28.8. The van der Waals surface area contributed by atoms with Gasteiger partial charge in [0.2, 0.25) is 11.8 Å². The molecule has 3 heterocycles. The molecule has 0 saturated carbocycles. The molecule has 0 bridgehead atoms. The van der Waals surface area contributed by atoms with Crippen molar-refractivity contribution in [2.24, 2.45) is 5.92 Å². The summed E-state index contributed by atoms with van der Waals surface area (Å²) in [5, 5.41) is 0. The summed E-state index contributed by atoms with van der Waals surface area (Å²) < 4.78 is 5.39. The Bertz CT molecular complexity index is 393. The molecule has 3 fully saturated rings. The van der Waals surface area contributed by atoms with E-state index in [2.05, 4.69) is 0 Å². The highest BCUT2D eigenvalue weighted by Gasteiger charge is 2.46. The maximum absolute atomic E-state index is 12.6. The molecule has 3 unspecified atom stereocenters. The molecule has 0 aromatic heterocycles. The van der Waals surface area contributed by atoms with Crippen molar-refractivity contribution in [3.63, 3.8) is 0 Å². The van der Waals surface area contributed by atoms with E-state index in [9.17, 15) is 9.59 Å². The van der Waals surface area contributed by atoms with Crippen LogP contribution in [-0.2, 0) is 14.3 Å². The number of rotatable bonds is 4. The predicted molar refractivity (Wildman–Crippen MR) is 74.1 cm³/mol. The summed E-state index contributed by atoms with van der Waals surface area (Å²) >= 11 is 0. The minimum atomic E-state index is -0.237. The molecule has 0 aliphatic carbocycles. The Morgan fingerprint density at radius 1 is 1.25 bits per heavy atom. The average Bonchev–Trinajstić information content (AvgIpc) is 3.11. The van der Waals surface area contributed by atoms with Crippen molar-refractivity contribution in [2.75, 3.05) is 26.3 Å². The summed E-state index contributed by atoms with van der Waals surface area (Å²) in [7, 11) is 0. The Morgan fingerprint density at radius 2 is 2.10 bits per heavy atom. The zero-order valence-corrected chi connectivity index (χ0v) is 12.2. The topological polar surface area (TPSA) is 49.9 Å². The van der Waals surface area contributed by atoms with Crippen molar-refractivity contribution in [3.8, 4) is 0 Å². The maximum Gasteiger partial charge on any atom is 0.246 e. The SMILES string of the molecule is CCC1C(=O)N2CCCC2C(=O)N1CCC1CCOC1. The molecule has 3 saturated heterocycles. The number of hydrogen-bond acceptors (Lipinski definition) is 3. The number of nitrogens with zero attached hydrogens (tertiary/aromatic N) is 2. The zero-order chi connectivity index (χ0) is 14.1. The molecule has 20 heavy (non-hydrogen) atoms. The highest BCUT2D eigenvalue weighted by Crippen LogP contribution is 2.29. The van der Waals surface area contributed by atoms with E-state index in [1.165, 1.54) is 0 Å². The van der Waals surface area contributed by atoms with Gasteiger partial charge in [-0.1, -0.05) is 6.92 Å². The summed E-state index contributed by atoms with van der Waals surface area (Å²) in [6, 6.07) is -0.413. The Kier molecular flexibility index (Phi) is 3.96. The fraction of sp³-hybridized carbons (Fsp3) is 0.867. The molecule has 0 N–H and O–H groups in total. The lowest BCUT2D eigenvalue weighted by molar-refractivity contribution is -0.159. The normalized spacial score (nSPS) is 34.0. The standard InChI is InChI=1S/C15H24N2O3/c1-2-12-14(18)16-7-3-4-13(16)15(19)17(12)8-5-11-6-9-20-10-11/h11-13H,2-10H2,1H3. The van der Waals surface area contributed by atoms with Crippen LogP contribution in [0.5, 0.6) is 0 Å². The number of carbonyl (C=O) groups excluding carboxylic acids is 2. The molecule has 3 aliphatic rings. The van der Waals surface area contributed by atoms with Crippen molar-refractivity contribution in [1.29, 1.82) is 0 Å². The van der Waals surface area contributed by atoms with Crippen LogP contribution in [0.2, 0.25) is 0 Å². The van der Waals surface area contributed by atoms with E-state index in [0.29, 0.717) is 12.5 Å². The van der Waals surface area contributed by atoms with Crippen molar-refractivity contribution in [1.82, 2.24) is 9.80 Å². The zero-order valence-electron chi connectivity index (χ0n) is 12.2. The smallest absolute Gasteiger partial charge is 0.246 e. The van der Waals surface area contributed by atoms with Gasteiger partial charge in [0.25, 0.3) is 0 Å². The average molecular weight is 280 g/mol. The molecule has 0 radical (unpaired) electrons. The van der Waals surface area contributed by atoms with Crippen molar-refractivity contribution >= 4 is 11.8 Å². The van der Waals surface area contributed by atoms with E-state index in [1.807, 2.05) is 16.7 Å². The largest absolute Gasteiger partial charge is 0.381 e. The molecule has 2 amide bonds. The Morgan fingerprint density at radius 3 is 2.80 bits per heavy atom. The second-order valence-corrected chi connectivity index (χ2v) is 6.16. The first-order valence-electron chi connectivity index (χ1n) is 7.91. The van der Waals surface area contributed by atoms with E-state index in [0.717, 1.165) is 51.9 Å². The molecule has 0 aromatic carbocycles. The third-order valence-corrected chi connectivity index (χ3v) is 4.95. The number of carbonyl (C=O) groups is 2. The summed E-state index contributed by atoms with van der Waals surface area (Å²) in [6.07, 6.45) is 4.56. The van der Waals surface area contributed by atoms with Crippen LogP contribution in [0.15, 0.2) is 0 Å². The molecular formula is C15H24N2O3. The monoisotopic (exact) mass is 280 g/mol. The van der Waals surface area contributed by atoms with Crippen LogP contribution in [0.1, 0.15) is 39.0 Å². The Hall–Kier alpha value is -1.10. The van der Waals surface area contributed by atoms with Gasteiger partial charge in [-0.2, -0.15) is 0 Å². The van der Waals surface area contributed by atoms with Gasteiger partial charge in [0.1, 0.15) is 12.1 Å². The van der Waals surface area contributed by atoms with Crippen LogP contribution in [-0.4, -0.2) is 60.0 Å². The number of fused-ring (bicyclic) bond motifs is 1. The fourth-order valence-electron chi connectivity index (χ4n) is 3.75. The minimum Gasteiger partial charge on any atom is -0.381 e. The lowest BCUT2D eigenvalue weighted by Gasteiger charge is -2.42. The Labute approximate surface area is 120 Å². The van der Waals surface area contributed by atoms with Crippen molar-refractivity contribution < 1.29 is 14.3 Å². The Balaban J connectivity index is 1.69. The molecule has 3 aliphatic heterocycles. The van der Waals surface area contributed by atoms with Gasteiger partial charge in [0.05, 0.1) is 0 Å². The van der Waals surface area contributed by atoms with Gasteiger partial charge < -0.3 is 14.5 Å². The van der Waals surface area contributed by atoms with Crippen LogP contribution in [0, 0.1) is 5.92 Å². The quantitative estimate of drug-likeness (QED) is 0.772. The van der Waals surface area contributed by atoms with Gasteiger partial charge in [0.15, 0.2) is 0 Å². The number of piperazine rings is 1. The summed E-state index contributed by atoms with van der Waals surface area (Å²) in [5.74, 6) is 0.891. The first-order chi connectivity index (χ1) is 9.72. The van der Waals surface area contributed by atoms with E-state index < -0.39 is 0 Å². The van der Waals surface area contributed by atoms with Gasteiger partial charge >= 0.3 is 0 Å². The van der Waals surface area contributed by atoms with Crippen LogP contribution in [0.3, 0.4) is 0 Å². The van der Waals surface area contributed by atoms with Crippen LogP contribution in [0.25, 0.3) is 0 Å². The fourth-order valence-corrected chi connectivity index (χ4v) is 3.75. The molecule has 0 spiro atoms. The lowest BCUT2D eigenvalue weighted by atomic mass is 10.00. The van der Waals surface area contributed by atoms with Gasteiger partial charge in [-0.15, -0.1) is 0 Å². The first kappa shape index (κ1) is 13.9. The lowest BCUT2D eigenvalue weighted by Crippen LogP contribution is -2.62. The van der Waals surface area contributed by atoms with Crippen LogP contribution in [0.4, 0.5) is 0 Å². The van der Waals surface area contributed by atoms with Gasteiger partial charge in [-0.05, 0) is 38.0 Å². The molecule has 0 aromatic rings. The second-order valence-electron chi connectivity index (χ2n) is 6.16. The van der Waals surface area contributed by atoms with Crippen LogP contribution >= 0.6 is 0 Å². The van der Waals surface area contributed by atoms with Crippen molar-refractivity contribution in [3.05, 3.63) is 0 Å². The minimum absolute atomic E-state index is 0.164. The van der Waals surface area contributed by atoms with E-state index in [4.69, 9.17) is 4.74 Å². The van der Waals surface area contributed by atoms with Gasteiger partial charge in [-0.3, -0.25) is 9.59 Å². The molecule has 112 valence electrons. The highest BCUT2D eigenvalue weighted by atomic mass is 16.5. The van der Waals surface area contributed by atoms with E-state index in [-0.39, 0.29) is 23.9 Å². The predicted octanol–water partition coefficient (Wildman–Crippen LogP) is 1.02. The molecule has 5 nitrogen and oxygen atoms in total. The first-order valence-corrected chi connectivity index (χ1v) is 7.91. The molecule has 3 atom stereocenters. The van der Waals surface area contributed by atoms with E-state index in [1.54, 1.807) is 0 Å². The molecule has 3 rings (SSSR count). The number of hydrogen-bond donors (Lipinski definition) is 0. The third kappa shape index (κ3) is 2.32. The molecule has 5 heteroatoms. The summed E-state index contributed by atoms with van der Waals surface area (Å²) in [6.45, 7) is 5.11. The van der Waals surface area contributed by atoms with Crippen molar-refractivity contribution in [2.45, 2.75) is 51.1 Å². The third-order valence-electron chi connectivity index (χ3n) is 4.95. The molecular weight excluding hydrogens is 256 g/mol. The van der Waals surface area contributed by atoms with E-state index >= 15 is 0 Å². The summed E-state index contributed by atoms with van der Waals surface area (Å²) in [5.41, 5.74) is 0. The maximum atomic E-state index is 12.6. The highest BCUT2D eigenvalue weighted by molar-refractivity contribution is 5.97. The van der Waals surface area contributed by atoms with Crippen LogP contribution < -0.4 is 0 Å². The second kappa shape index (κ2) is 5.72. The van der Waals surface area contributed by atoms with Gasteiger partial charge in [0, 0.05) is 26.3 Å². The number of amides is 2. The number of ether oxygens (including phenoxy) is 1. The van der Waals surface area contributed by atoms with Gasteiger partial charge in [-0.25, -0.2) is 0 Å².